The molecule has 78 valence electrons. The molecule has 1 aromatic carbocycles. The van der Waals surface area contributed by atoms with Crippen molar-refractivity contribution in [2.24, 2.45) is 5.73 Å². The molecular formula is C12H18BrN. The van der Waals surface area contributed by atoms with Gasteiger partial charge in [0, 0.05) is 10.5 Å². The third kappa shape index (κ3) is 2.82. The van der Waals surface area contributed by atoms with Gasteiger partial charge in [0.1, 0.15) is 0 Å². The highest BCUT2D eigenvalue weighted by Gasteiger charge is 2.05. The maximum atomic E-state index is 5.75. The molecule has 2 heteroatoms. The first-order valence-corrected chi connectivity index (χ1v) is 5.82. The van der Waals surface area contributed by atoms with Crippen LogP contribution in [0.1, 0.15) is 30.0 Å². The molecule has 14 heavy (non-hydrogen) atoms. The van der Waals surface area contributed by atoms with Crippen molar-refractivity contribution >= 4 is 15.9 Å². The summed E-state index contributed by atoms with van der Waals surface area (Å²) in [6.45, 7) is 6.33. The van der Waals surface area contributed by atoms with Crippen molar-refractivity contribution in [3.8, 4) is 0 Å². The second kappa shape index (κ2) is 4.94. The summed E-state index contributed by atoms with van der Waals surface area (Å²) in [7, 11) is 0. The first kappa shape index (κ1) is 11.7. The summed E-state index contributed by atoms with van der Waals surface area (Å²) < 4.78 is 1.24. The van der Waals surface area contributed by atoms with E-state index in [1.54, 1.807) is 0 Å². The SMILES string of the molecule is Cc1ccc(CCC(C)N)c(C)c1Br. The van der Waals surface area contributed by atoms with Gasteiger partial charge in [-0.3, -0.25) is 0 Å². The number of nitrogens with two attached hydrogens (primary N) is 1. The second-order valence-electron chi connectivity index (χ2n) is 4.00. The van der Waals surface area contributed by atoms with E-state index in [0.717, 1.165) is 12.8 Å². The highest BCUT2D eigenvalue weighted by atomic mass is 79.9. The van der Waals surface area contributed by atoms with Gasteiger partial charge in [-0.2, -0.15) is 0 Å². The van der Waals surface area contributed by atoms with Crippen molar-refractivity contribution in [2.45, 2.75) is 39.7 Å². The lowest BCUT2D eigenvalue weighted by atomic mass is 10.00. The predicted octanol–water partition coefficient (Wildman–Crippen LogP) is 3.35. The maximum Gasteiger partial charge on any atom is 0.0236 e. The Balaban J connectivity index is 2.83. The summed E-state index contributed by atoms with van der Waals surface area (Å²) in [5.41, 5.74) is 9.80. The molecular weight excluding hydrogens is 238 g/mol. The van der Waals surface area contributed by atoms with Crippen LogP contribution in [0, 0.1) is 13.8 Å². The van der Waals surface area contributed by atoms with Gasteiger partial charge in [-0.25, -0.2) is 0 Å². The molecule has 1 rings (SSSR count). The van der Waals surface area contributed by atoms with Crippen LogP contribution < -0.4 is 5.73 Å². The fraction of sp³-hybridized carbons (Fsp3) is 0.500. The van der Waals surface area contributed by atoms with Crippen molar-refractivity contribution in [3.63, 3.8) is 0 Å². The van der Waals surface area contributed by atoms with E-state index in [9.17, 15) is 0 Å². The third-order valence-electron chi connectivity index (χ3n) is 2.56. The lowest BCUT2D eigenvalue weighted by Gasteiger charge is -2.11. The minimum atomic E-state index is 0.287. The van der Waals surface area contributed by atoms with E-state index in [1.165, 1.54) is 21.2 Å². The molecule has 0 aliphatic carbocycles. The average molecular weight is 256 g/mol. The lowest BCUT2D eigenvalue weighted by Crippen LogP contribution is -2.15. The minimum absolute atomic E-state index is 0.287. The molecule has 1 nitrogen and oxygen atoms in total. The average Bonchev–Trinajstić information content (AvgIpc) is 2.13. The third-order valence-corrected chi connectivity index (χ3v) is 3.78. The second-order valence-corrected chi connectivity index (χ2v) is 4.79. The van der Waals surface area contributed by atoms with Crippen LogP contribution in [0.15, 0.2) is 16.6 Å². The fourth-order valence-corrected chi connectivity index (χ4v) is 1.90. The summed E-state index contributed by atoms with van der Waals surface area (Å²) >= 11 is 3.61. The van der Waals surface area contributed by atoms with E-state index >= 15 is 0 Å². The fourth-order valence-electron chi connectivity index (χ4n) is 1.51. The predicted molar refractivity (Wildman–Crippen MR) is 65.6 cm³/mol. The van der Waals surface area contributed by atoms with Gasteiger partial charge in [0.2, 0.25) is 0 Å². The highest BCUT2D eigenvalue weighted by molar-refractivity contribution is 9.10. The molecule has 2 N–H and O–H groups in total. The first-order valence-electron chi connectivity index (χ1n) is 5.02. The first-order chi connectivity index (χ1) is 6.52. The van der Waals surface area contributed by atoms with Gasteiger partial charge < -0.3 is 5.73 Å². The zero-order valence-corrected chi connectivity index (χ0v) is 10.7. The highest BCUT2D eigenvalue weighted by Crippen LogP contribution is 2.24. The van der Waals surface area contributed by atoms with Gasteiger partial charge >= 0.3 is 0 Å². The number of hydrogen-bond acceptors (Lipinski definition) is 1. The number of rotatable bonds is 3. The Hall–Kier alpha value is -0.340. The summed E-state index contributed by atoms with van der Waals surface area (Å²) in [4.78, 5) is 0. The Kier molecular flexibility index (Phi) is 4.14. The molecule has 0 radical (unpaired) electrons. The molecule has 0 saturated heterocycles. The summed E-state index contributed by atoms with van der Waals surface area (Å²) in [5.74, 6) is 0. The van der Waals surface area contributed by atoms with Crippen LogP contribution in [0.2, 0.25) is 0 Å². The van der Waals surface area contributed by atoms with Crippen LogP contribution >= 0.6 is 15.9 Å². The Morgan fingerprint density at radius 3 is 2.57 bits per heavy atom. The van der Waals surface area contributed by atoms with Gasteiger partial charge in [-0.15, -0.1) is 0 Å². The van der Waals surface area contributed by atoms with Crippen LogP contribution in [-0.2, 0) is 6.42 Å². The Morgan fingerprint density at radius 2 is 2.00 bits per heavy atom. The molecule has 1 unspecified atom stereocenters. The van der Waals surface area contributed by atoms with Crippen LogP contribution in [0.3, 0.4) is 0 Å². The van der Waals surface area contributed by atoms with Crippen molar-refractivity contribution in [1.29, 1.82) is 0 Å². The largest absolute Gasteiger partial charge is 0.328 e. The normalized spacial score (nSPS) is 12.9. The van der Waals surface area contributed by atoms with Crippen LogP contribution in [0.4, 0.5) is 0 Å². The van der Waals surface area contributed by atoms with Gasteiger partial charge in [0.25, 0.3) is 0 Å². The number of halogens is 1. The van der Waals surface area contributed by atoms with Gasteiger partial charge in [0.15, 0.2) is 0 Å². The van der Waals surface area contributed by atoms with E-state index in [-0.39, 0.29) is 6.04 Å². The zero-order valence-electron chi connectivity index (χ0n) is 9.10. The van der Waals surface area contributed by atoms with Crippen molar-refractivity contribution < 1.29 is 0 Å². The van der Waals surface area contributed by atoms with E-state index in [4.69, 9.17) is 5.73 Å². The van der Waals surface area contributed by atoms with Crippen molar-refractivity contribution in [1.82, 2.24) is 0 Å². The molecule has 0 amide bonds. The van der Waals surface area contributed by atoms with Crippen molar-refractivity contribution in [3.05, 3.63) is 33.3 Å². The zero-order chi connectivity index (χ0) is 10.7. The molecule has 1 atom stereocenters. The summed E-state index contributed by atoms with van der Waals surface area (Å²) in [6, 6.07) is 4.65. The molecule has 0 aromatic heterocycles. The molecule has 0 spiro atoms. The molecule has 0 bridgehead atoms. The van der Waals surface area contributed by atoms with Gasteiger partial charge in [-0.1, -0.05) is 28.1 Å². The Bertz CT molecular complexity index is 318. The smallest absolute Gasteiger partial charge is 0.0236 e. The Labute approximate surface area is 94.8 Å². The minimum Gasteiger partial charge on any atom is -0.328 e. The molecule has 0 heterocycles. The summed E-state index contributed by atoms with van der Waals surface area (Å²) in [6.07, 6.45) is 2.12. The quantitative estimate of drug-likeness (QED) is 0.881. The number of benzene rings is 1. The van der Waals surface area contributed by atoms with E-state index in [2.05, 4.69) is 48.8 Å². The Morgan fingerprint density at radius 1 is 1.36 bits per heavy atom. The molecule has 1 aromatic rings. The number of aryl methyl sites for hydroxylation is 2. The molecule has 0 aliphatic rings. The maximum absolute atomic E-state index is 5.75. The van der Waals surface area contributed by atoms with E-state index < -0.39 is 0 Å². The van der Waals surface area contributed by atoms with Crippen molar-refractivity contribution in [2.75, 3.05) is 0 Å². The van der Waals surface area contributed by atoms with Crippen LogP contribution in [0.25, 0.3) is 0 Å². The van der Waals surface area contributed by atoms with E-state index in [0.29, 0.717) is 0 Å². The van der Waals surface area contributed by atoms with Gasteiger partial charge in [0.05, 0.1) is 0 Å². The van der Waals surface area contributed by atoms with Crippen LogP contribution in [-0.4, -0.2) is 6.04 Å². The summed E-state index contributed by atoms with van der Waals surface area (Å²) in [5, 5.41) is 0. The molecule has 0 aliphatic heterocycles. The van der Waals surface area contributed by atoms with Crippen LogP contribution in [0.5, 0.6) is 0 Å². The van der Waals surface area contributed by atoms with E-state index in [1.807, 2.05) is 0 Å². The molecule has 0 fully saturated rings. The number of hydrogen-bond donors (Lipinski definition) is 1. The standard InChI is InChI=1S/C12H18BrN/c1-8-4-6-11(7-5-9(2)14)10(3)12(8)13/h4,6,9H,5,7,14H2,1-3H3. The molecule has 0 saturated carbocycles. The monoisotopic (exact) mass is 255 g/mol. The topological polar surface area (TPSA) is 26.0 Å². The van der Waals surface area contributed by atoms with Gasteiger partial charge in [-0.05, 0) is 50.3 Å². The lowest BCUT2D eigenvalue weighted by molar-refractivity contribution is 0.664.